The summed E-state index contributed by atoms with van der Waals surface area (Å²) in [5.41, 5.74) is 3.50. The number of morpholine rings is 1. The third-order valence-electron chi connectivity index (χ3n) is 9.87. The largest absolute Gasteiger partial charge is 0.508 e. The van der Waals surface area contributed by atoms with Crippen LogP contribution < -0.4 is 4.90 Å². The molecule has 2 aliphatic rings. The molecule has 52 heavy (non-hydrogen) atoms. The van der Waals surface area contributed by atoms with Crippen molar-refractivity contribution in [3.63, 3.8) is 0 Å². The molecule has 3 aromatic carbocycles. The van der Waals surface area contributed by atoms with E-state index in [1.807, 2.05) is 23.1 Å². The van der Waals surface area contributed by atoms with Crippen molar-refractivity contribution in [3.8, 4) is 17.0 Å². The Bertz CT molecular complexity index is 2090. The Morgan fingerprint density at radius 3 is 2.38 bits per heavy atom. The van der Waals surface area contributed by atoms with Crippen LogP contribution in [-0.4, -0.2) is 86.4 Å². The number of halogens is 3. The summed E-state index contributed by atoms with van der Waals surface area (Å²) in [6, 6.07) is 19.0. The maximum absolute atomic E-state index is 15.2. The van der Waals surface area contributed by atoms with Crippen molar-refractivity contribution in [1.82, 2.24) is 24.1 Å². The van der Waals surface area contributed by atoms with E-state index in [0.717, 1.165) is 24.2 Å². The second-order valence-electron chi connectivity index (χ2n) is 13.2. The van der Waals surface area contributed by atoms with Crippen LogP contribution in [-0.2, 0) is 38.2 Å². The fourth-order valence-corrected chi connectivity index (χ4v) is 7.25. The number of carbonyl (C=O) groups excluding carboxylic acids is 2. The number of amides is 2. The number of carbonyl (C=O) groups is 2. The predicted octanol–water partition coefficient (Wildman–Crippen LogP) is 5.96. The standard InChI is InChI=1S/C39H39F3N6O4/c1-44-23-30(21-43-44)48(28-8-10-31(49)11-9-28)39(51)34-19-35(45(2)36(34)20-37(41)42)33-18-27(40)7-12-32(33)38(50)47-22-26-6-4-3-5-25(26)17-29(47)24-46-13-15-52-16-14-46/h3-12,18-19,21,23,29,37,49H,13-17,20,22,24H2,1-2H3/t29-/m0/s1. The highest BCUT2D eigenvalue weighted by Gasteiger charge is 2.35. The number of anilines is 2. The lowest BCUT2D eigenvalue weighted by Crippen LogP contribution is -2.52. The molecule has 1 N–H and O–H groups in total. The molecule has 0 unspecified atom stereocenters. The lowest BCUT2D eigenvalue weighted by molar-refractivity contribution is 0.0193. The lowest BCUT2D eigenvalue weighted by atomic mass is 9.92. The highest BCUT2D eigenvalue weighted by molar-refractivity contribution is 6.12. The number of aryl methyl sites for hydroxylation is 1. The molecule has 7 rings (SSSR count). The number of fused-ring (bicyclic) bond motifs is 1. The Morgan fingerprint density at radius 1 is 0.962 bits per heavy atom. The summed E-state index contributed by atoms with van der Waals surface area (Å²) in [6.45, 7) is 3.69. The van der Waals surface area contributed by atoms with Crippen LogP contribution in [0.15, 0.2) is 85.2 Å². The topological polar surface area (TPSA) is 96.1 Å². The minimum Gasteiger partial charge on any atom is -0.508 e. The first kappa shape index (κ1) is 35.0. The van der Waals surface area contributed by atoms with Gasteiger partial charge in [-0.25, -0.2) is 13.2 Å². The van der Waals surface area contributed by atoms with Gasteiger partial charge in [0.2, 0.25) is 6.43 Å². The predicted molar refractivity (Wildman–Crippen MR) is 189 cm³/mol. The van der Waals surface area contributed by atoms with Crippen molar-refractivity contribution in [2.75, 3.05) is 37.7 Å². The second kappa shape index (κ2) is 14.7. The smallest absolute Gasteiger partial charge is 0.264 e. The van der Waals surface area contributed by atoms with Crippen LogP contribution in [0.4, 0.5) is 24.5 Å². The Kier molecular flexibility index (Phi) is 9.89. The molecule has 0 spiro atoms. The highest BCUT2D eigenvalue weighted by Crippen LogP contribution is 2.36. The molecule has 1 fully saturated rings. The summed E-state index contributed by atoms with van der Waals surface area (Å²) >= 11 is 0. The summed E-state index contributed by atoms with van der Waals surface area (Å²) in [4.78, 5) is 34.7. The number of ether oxygens (including phenoxy) is 1. The number of benzene rings is 3. The van der Waals surface area contributed by atoms with E-state index in [1.54, 1.807) is 13.2 Å². The number of phenolic OH excluding ortho intramolecular Hbond substituents is 1. The third kappa shape index (κ3) is 7.06. The van der Waals surface area contributed by atoms with Gasteiger partial charge in [0.15, 0.2) is 0 Å². The molecule has 0 radical (unpaired) electrons. The molecule has 4 heterocycles. The molecule has 1 atom stereocenters. The summed E-state index contributed by atoms with van der Waals surface area (Å²) < 4.78 is 52.1. The number of phenols is 1. The van der Waals surface area contributed by atoms with Gasteiger partial charge in [-0.05, 0) is 66.1 Å². The molecule has 0 aliphatic carbocycles. The van der Waals surface area contributed by atoms with E-state index in [1.165, 1.54) is 75.9 Å². The number of hydrogen-bond acceptors (Lipinski definition) is 6. The highest BCUT2D eigenvalue weighted by atomic mass is 19.3. The number of hydrogen-bond donors (Lipinski definition) is 1. The van der Waals surface area contributed by atoms with Gasteiger partial charge in [0.25, 0.3) is 11.8 Å². The number of nitrogens with zero attached hydrogens (tertiary/aromatic N) is 6. The Balaban J connectivity index is 1.31. The number of rotatable bonds is 9. The summed E-state index contributed by atoms with van der Waals surface area (Å²) in [7, 11) is 3.22. The van der Waals surface area contributed by atoms with E-state index in [0.29, 0.717) is 44.1 Å². The van der Waals surface area contributed by atoms with Crippen molar-refractivity contribution in [3.05, 3.63) is 119 Å². The van der Waals surface area contributed by atoms with E-state index in [9.17, 15) is 23.5 Å². The monoisotopic (exact) mass is 712 g/mol. The van der Waals surface area contributed by atoms with E-state index < -0.39 is 24.6 Å². The third-order valence-corrected chi connectivity index (χ3v) is 9.87. The van der Waals surface area contributed by atoms with Crippen molar-refractivity contribution in [1.29, 1.82) is 0 Å². The first-order valence-electron chi connectivity index (χ1n) is 17.1. The Labute approximate surface area is 299 Å². The molecule has 2 aliphatic heterocycles. The van der Waals surface area contributed by atoms with Crippen LogP contribution in [0.2, 0.25) is 0 Å². The van der Waals surface area contributed by atoms with Crippen LogP contribution in [0.3, 0.4) is 0 Å². The molecular weight excluding hydrogens is 673 g/mol. The summed E-state index contributed by atoms with van der Waals surface area (Å²) in [5, 5.41) is 14.1. The Morgan fingerprint density at radius 2 is 1.69 bits per heavy atom. The van der Waals surface area contributed by atoms with Gasteiger partial charge >= 0.3 is 0 Å². The molecule has 2 amide bonds. The van der Waals surface area contributed by atoms with Crippen molar-refractivity contribution >= 4 is 23.2 Å². The van der Waals surface area contributed by atoms with Gasteiger partial charge in [-0.2, -0.15) is 5.10 Å². The molecule has 10 nitrogen and oxygen atoms in total. The molecule has 13 heteroatoms. The van der Waals surface area contributed by atoms with Gasteiger partial charge in [-0.15, -0.1) is 0 Å². The molecule has 0 saturated carbocycles. The van der Waals surface area contributed by atoms with Gasteiger partial charge < -0.3 is 19.3 Å². The molecule has 5 aromatic rings. The van der Waals surface area contributed by atoms with E-state index in [-0.39, 0.29) is 45.8 Å². The summed E-state index contributed by atoms with van der Waals surface area (Å²) in [5.74, 6) is -1.60. The molecular formula is C39H39F3N6O4. The normalized spacial score (nSPS) is 16.3. The zero-order valence-electron chi connectivity index (χ0n) is 28.9. The first-order valence-corrected chi connectivity index (χ1v) is 17.1. The minimum atomic E-state index is -2.81. The van der Waals surface area contributed by atoms with Gasteiger partial charge in [0, 0.05) is 87.1 Å². The first-order chi connectivity index (χ1) is 25.1. The lowest BCUT2D eigenvalue weighted by Gasteiger charge is -2.40. The maximum atomic E-state index is 15.2. The van der Waals surface area contributed by atoms with Crippen LogP contribution >= 0.6 is 0 Å². The number of alkyl halides is 2. The van der Waals surface area contributed by atoms with Gasteiger partial charge in [0.05, 0.1) is 30.7 Å². The zero-order chi connectivity index (χ0) is 36.5. The van der Waals surface area contributed by atoms with E-state index in [2.05, 4.69) is 16.1 Å². The van der Waals surface area contributed by atoms with Gasteiger partial charge in [-0.1, -0.05) is 24.3 Å². The van der Waals surface area contributed by atoms with Crippen LogP contribution in [0, 0.1) is 5.82 Å². The van der Waals surface area contributed by atoms with Crippen LogP contribution in [0.5, 0.6) is 5.75 Å². The van der Waals surface area contributed by atoms with Crippen LogP contribution in [0.1, 0.15) is 37.5 Å². The molecule has 0 bridgehead atoms. The maximum Gasteiger partial charge on any atom is 0.264 e. The average molecular weight is 713 g/mol. The quantitative estimate of drug-likeness (QED) is 0.203. The Hall–Kier alpha value is -5.40. The second-order valence-corrected chi connectivity index (χ2v) is 13.2. The van der Waals surface area contributed by atoms with E-state index >= 15 is 4.39 Å². The molecule has 270 valence electrons. The van der Waals surface area contributed by atoms with Gasteiger partial charge in [0.1, 0.15) is 11.6 Å². The van der Waals surface area contributed by atoms with Crippen LogP contribution in [0.25, 0.3) is 11.3 Å². The average Bonchev–Trinajstić information content (AvgIpc) is 3.70. The minimum absolute atomic E-state index is 0.0161. The number of aromatic nitrogens is 3. The van der Waals surface area contributed by atoms with Gasteiger partial charge in [-0.3, -0.25) is 24.1 Å². The van der Waals surface area contributed by atoms with Crippen molar-refractivity contribution in [2.45, 2.75) is 31.9 Å². The van der Waals surface area contributed by atoms with Crippen molar-refractivity contribution in [2.24, 2.45) is 14.1 Å². The SMILES string of the molecule is Cn1cc(N(C(=O)c2cc(-c3cc(F)ccc3C(=O)N3Cc4ccccc4C[C@H]3CN3CCOCC3)n(C)c2CC(F)F)c2ccc(O)cc2)cn1. The zero-order valence-corrected chi connectivity index (χ0v) is 28.9. The fraction of sp³-hybridized carbons (Fsp3) is 0.308. The molecule has 2 aromatic heterocycles. The number of aromatic hydroxyl groups is 1. The summed E-state index contributed by atoms with van der Waals surface area (Å²) in [6.07, 6.45) is 0.135. The molecule has 1 saturated heterocycles. The fourth-order valence-electron chi connectivity index (χ4n) is 7.25. The van der Waals surface area contributed by atoms with E-state index in [4.69, 9.17) is 4.74 Å². The van der Waals surface area contributed by atoms with Crippen molar-refractivity contribution < 1.29 is 32.6 Å².